The van der Waals surface area contributed by atoms with Crippen molar-refractivity contribution < 1.29 is 9.90 Å². The number of nitrogens with one attached hydrogen (secondary N) is 1. The predicted molar refractivity (Wildman–Crippen MR) is 41.7 cm³/mol. The van der Waals surface area contributed by atoms with Crippen LogP contribution in [-0.2, 0) is 4.79 Å². The van der Waals surface area contributed by atoms with E-state index < -0.39 is 0 Å². The molecule has 0 saturated carbocycles. The van der Waals surface area contributed by atoms with Gasteiger partial charge in [-0.05, 0) is 6.42 Å². The highest BCUT2D eigenvalue weighted by molar-refractivity contribution is 5.75. The maximum atomic E-state index is 10.3. The standard InChI is InChI=1S/C5H11NO2.C2H6/c1-6-5(8)3-2-4-7;1-2/h7H,2-4H2,1H3,(H,6,8);1-2H3. The van der Waals surface area contributed by atoms with Crippen molar-refractivity contribution in [3.8, 4) is 0 Å². The smallest absolute Gasteiger partial charge is 0.219 e. The SMILES string of the molecule is CC.CNC(=O)CCCO. The molecule has 0 saturated heterocycles. The highest BCUT2D eigenvalue weighted by Gasteiger charge is 1.93. The van der Waals surface area contributed by atoms with Crippen LogP contribution in [0.4, 0.5) is 0 Å². The lowest BCUT2D eigenvalue weighted by Crippen LogP contribution is -2.17. The Morgan fingerprint density at radius 2 is 2.00 bits per heavy atom. The highest BCUT2D eigenvalue weighted by Crippen LogP contribution is 1.83. The van der Waals surface area contributed by atoms with Crippen molar-refractivity contribution in [3.05, 3.63) is 0 Å². The molecule has 0 fully saturated rings. The van der Waals surface area contributed by atoms with Crippen LogP contribution in [0.25, 0.3) is 0 Å². The zero-order valence-electron chi connectivity index (χ0n) is 6.98. The summed E-state index contributed by atoms with van der Waals surface area (Å²) in [6, 6.07) is 0. The van der Waals surface area contributed by atoms with Crippen molar-refractivity contribution in [2.75, 3.05) is 13.7 Å². The molecule has 0 bridgehead atoms. The summed E-state index contributed by atoms with van der Waals surface area (Å²) in [7, 11) is 1.58. The van der Waals surface area contributed by atoms with Crippen LogP contribution in [-0.4, -0.2) is 24.7 Å². The summed E-state index contributed by atoms with van der Waals surface area (Å²) in [4.78, 5) is 10.3. The molecule has 0 aliphatic carbocycles. The minimum Gasteiger partial charge on any atom is -0.396 e. The number of carbonyl (C=O) groups is 1. The van der Waals surface area contributed by atoms with Crippen LogP contribution in [0.5, 0.6) is 0 Å². The van der Waals surface area contributed by atoms with Gasteiger partial charge in [0, 0.05) is 20.1 Å². The molecule has 0 unspecified atom stereocenters. The fraction of sp³-hybridized carbons (Fsp3) is 0.857. The lowest BCUT2D eigenvalue weighted by molar-refractivity contribution is -0.120. The molecular formula is C7H17NO2. The molecule has 0 aromatic rings. The van der Waals surface area contributed by atoms with Gasteiger partial charge in [0.05, 0.1) is 0 Å². The normalized spacial score (nSPS) is 7.60. The Bertz CT molecular complexity index is 74.0. The molecule has 3 nitrogen and oxygen atoms in total. The van der Waals surface area contributed by atoms with Gasteiger partial charge in [-0.25, -0.2) is 0 Å². The van der Waals surface area contributed by atoms with E-state index >= 15 is 0 Å². The molecule has 2 N–H and O–H groups in total. The summed E-state index contributed by atoms with van der Waals surface area (Å²) < 4.78 is 0. The van der Waals surface area contributed by atoms with Crippen LogP contribution in [0.2, 0.25) is 0 Å². The minimum absolute atomic E-state index is 0.0148. The van der Waals surface area contributed by atoms with E-state index in [0.29, 0.717) is 12.8 Å². The second-order valence-corrected chi connectivity index (χ2v) is 1.50. The molecule has 62 valence electrons. The Balaban J connectivity index is 0. The largest absolute Gasteiger partial charge is 0.396 e. The van der Waals surface area contributed by atoms with Crippen molar-refractivity contribution in [1.29, 1.82) is 0 Å². The lowest BCUT2D eigenvalue weighted by Gasteiger charge is -1.93. The second-order valence-electron chi connectivity index (χ2n) is 1.50. The first-order chi connectivity index (χ1) is 4.81. The van der Waals surface area contributed by atoms with E-state index in [-0.39, 0.29) is 12.5 Å². The average molecular weight is 147 g/mol. The topological polar surface area (TPSA) is 49.3 Å². The number of hydrogen-bond acceptors (Lipinski definition) is 2. The summed E-state index contributed by atoms with van der Waals surface area (Å²) in [5.74, 6) is -0.0148. The number of rotatable bonds is 3. The highest BCUT2D eigenvalue weighted by atomic mass is 16.3. The van der Waals surface area contributed by atoms with Crippen LogP contribution < -0.4 is 5.32 Å². The van der Waals surface area contributed by atoms with Gasteiger partial charge in [-0.15, -0.1) is 0 Å². The van der Waals surface area contributed by atoms with Gasteiger partial charge in [-0.3, -0.25) is 4.79 Å². The first-order valence-electron chi connectivity index (χ1n) is 3.62. The first kappa shape index (κ1) is 12.1. The third kappa shape index (κ3) is 10.4. The molecule has 0 atom stereocenters. The molecule has 0 aliphatic rings. The van der Waals surface area contributed by atoms with E-state index in [0.717, 1.165) is 0 Å². The fourth-order valence-electron chi connectivity index (χ4n) is 0.365. The molecule has 0 heterocycles. The Hall–Kier alpha value is -0.570. The van der Waals surface area contributed by atoms with E-state index in [9.17, 15) is 4.79 Å². The molecular weight excluding hydrogens is 130 g/mol. The summed E-state index contributed by atoms with van der Waals surface area (Å²) in [5.41, 5.74) is 0. The van der Waals surface area contributed by atoms with Crippen LogP contribution in [0.1, 0.15) is 26.7 Å². The Morgan fingerprint density at radius 1 is 1.50 bits per heavy atom. The van der Waals surface area contributed by atoms with Crippen LogP contribution in [0.3, 0.4) is 0 Å². The van der Waals surface area contributed by atoms with E-state index in [2.05, 4.69) is 5.32 Å². The third-order valence-corrected chi connectivity index (χ3v) is 0.841. The van der Waals surface area contributed by atoms with E-state index in [1.807, 2.05) is 13.8 Å². The first-order valence-corrected chi connectivity index (χ1v) is 3.62. The van der Waals surface area contributed by atoms with Crippen molar-refractivity contribution in [2.24, 2.45) is 0 Å². The quantitative estimate of drug-likeness (QED) is 0.611. The van der Waals surface area contributed by atoms with Gasteiger partial charge in [0.25, 0.3) is 0 Å². The van der Waals surface area contributed by atoms with Crippen molar-refractivity contribution in [1.82, 2.24) is 5.32 Å². The molecule has 0 spiro atoms. The number of aliphatic hydroxyl groups excluding tert-OH is 1. The minimum atomic E-state index is -0.0148. The van der Waals surface area contributed by atoms with Gasteiger partial charge in [-0.1, -0.05) is 13.8 Å². The molecule has 0 radical (unpaired) electrons. The fourth-order valence-corrected chi connectivity index (χ4v) is 0.365. The summed E-state index contributed by atoms with van der Waals surface area (Å²) in [6.45, 7) is 4.09. The van der Waals surface area contributed by atoms with Crippen LogP contribution in [0, 0.1) is 0 Å². The van der Waals surface area contributed by atoms with Gasteiger partial charge >= 0.3 is 0 Å². The molecule has 0 aromatic heterocycles. The summed E-state index contributed by atoms with van der Waals surface area (Å²) in [5, 5.41) is 10.7. The molecule has 1 amide bonds. The Labute approximate surface area is 62.4 Å². The maximum absolute atomic E-state index is 10.3. The molecule has 0 aromatic carbocycles. The van der Waals surface area contributed by atoms with Gasteiger partial charge in [0.15, 0.2) is 0 Å². The number of carbonyl (C=O) groups excluding carboxylic acids is 1. The van der Waals surface area contributed by atoms with Gasteiger partial charge in [0.2, 0.25) is 5.91 Å². The van der Waals surface area contributed by atoms with Crippen LogP contribution >= 0.6 is 0 Å². The summed E-state index contributed by atoms with van der Waals surface area (Å²) >= 11 is 0. The number of aliphatic hydroxyl groups is 1. The van der Waals surface area contributed by atoms with Crippen molar-refractivity contribution in [3.63, 3.8) is 0 Å². The third-order valence-electron chi connectivity index (χ3n) is 0.841. The van der Waals surface area contributed by atoms with Gasteiger partial charge < -0.3 is 10.4 Å². The average Bonchev–Trinajstić information content (AvgIpc) is 2.04. The second kappa shape index (κ2) is 11.3. The summed E-state index contributed by atoms with van der Waals surface area (Å²) in [6.07, 6.45) is 0.979. The van der Waals surface area contributed by atoms with Crippen LogP contribution in [0.15, 0.2) is 0 Å². The Morgan fingerprint density at radius 3 is 2.30 bits per heavy atom. The molecule has 0 rings (SSSR count). The zero-order valence-corrected chi connectivity index (χ0v) is 6.98. The van der Waals surface area contributed by atoms with Gasteiger partial charge in [-0.2, -0.15) is 0 Å². The maximum Gasteiger partial charge on any atom is 0.219 e. The van der Waals surface area contributed by atoms with Crippen molar-refractivity contribution in [2.45, 2.75) is 26.7 Å². The lowest BCUT2D eigenvalue weighted by atomic mass is 10.3. The molecule has 10 heavy (non-hydrogen) atoms. The van der Waals surface area contributed by atoms with E-state index in [4.69, 9.17) is 5.11 Å². The number of hydrogen-bond donors (Lipinski definition) is 2. The Kier molecular flexibility index (Phi) is 13.7. The van der Waals surface area contributed by atoms with E-state index in [1.165, 1.54) is 0 Å². The predicted octanol–water partition coefficient (Wildman–Crippen LogP) is 0.531. The van der Waals surface area contributed by atoms with E-state index in [1.54, 1.807) is 7.05 Å². The molecule has 0 aliphatic heterocycles. The van der Waals surface area contributed by atoms with Gasteiger partial charge in [0.1, 0.15) is 0 Å². The molecule has 3 heteroatoms. The zero-order chi connectivity index (χ0) is 8.41. The number of amides is 1. The van der Waals surface area contributed by atoms with Crippen molar-refractivity contribution >= 4 is 5.91 Å². The monoisotopic (exact) mass is 147 g/mol.